The number of hydrogen-bond donors (Lipinski definition) is 1. The molecule has 0 aromatic carbocycles. The molecule has 0 radical (unpaired) electrons. The number of rotatable bonds is 18. The van der Waals surface area contributed by atoms with Crippen molar-refractivity contribution >= 4 is 11.9 Å². The first kappa shape index (κ1) is 23.9. The Labute approximate surface area is 154 Å². The first-order chi connectivity index (χ1) is 12.2. The van der Waals surface area contributed by atoms with Gasteiger partial charge in [0.15, 0.2) is 0 Å². The first-order valence-corrected chi connectivity index (χ1v) is 10.3. The molecular formula is C20H39NO4. The van der Waals surface area contributed by atoms with Crippen LogP contribution in [0.15, 0.2) is 0 Å². The summed E-state index contributed by atoms with van der Waals surface area (Å²) < 4.78 is 5.27. The van der Waals surface area contributed by atoms with Gasteiger partial charge < -0.3 is 9.57 Å². The van der Waals surface area contributed by atoms with Crippen LogP contribution >= 0.6 is 0 Å². The van der Waals surface area contributed by atoms with Gasteiger partial charge in [0, 0.05) is 12.8 Å². The molecule has 0 aromatic heterocycles. The maximum Gasteiger partial charge on any atom is 0.324 e. The second kappa shape index (κ2) is 19.2. The normalized spacial score (nSPS) is 10.6. The molecule has 2 N–H and O–H groups in total. The van der Waals surface area contributed by atoms with E-state index in [2.05, 4.69) is 11.8 Å². The van der Waals surface area contributed by atoms with E-state index in [0.29, 0.717) is 19.4 Å². The number of carbonyl (C=O) groups is 2. The fourth-order valence-electron chi connectivity index (χ4n) is 2.80. The maximum atomic E-state index is 11.6. The Hall–Kier alpha value is -1.10. The second-order valence-corrected chi connectivity index (χ2v) is 6.81. The lowest BCUT2D eigenvalue weighted by Gasteiger charge is -2.05. The molecule has 0 spiro atoms. The Bertz CT molecular complexity index is 321. The molecule has 0 aliphatic rings. The van der Waals surface area contributed by atoms with Crippen LogP contribution in [0.4, 0.5) is 0 Å². The smallest absolute Gasteiger partial charge is 0.324 e. The van der Waals surface area contributed by atoms with Crippen molar-refractivity contribution in [3.63, 3.8) is 0 Å². The fourth-order valence-corrected chi connectivity index (χ4v) is 2.80. The highest BCUT2D eigenvalue weighted by Gasteiger charge is 2.03. The third-order valence-electron chi connectivity index (χ3n) is 4.40. The van der Waals surface area contributed by atoms with Crippen molar-refractivity contribution in [2.24, 2.45) is 5.90 Å². The molecule has 0 amide bonds. The zero-order valence-corrected chi connectivity index (χ0v) is 16.2. The third-order valence-corrected chi connectivity index (χ3v) is 4.40. The molecule has 0 unspecified atom stereocenters. The average molecular weight is 358 g/mol. The van der Waals surface area contributed by atoms with E-state index < -0.39 is 0 Å². The van der Waals surface area contributed by atoms with Crippen molar-refractivity contribution in [2.75, 3.05) is 6.61 Å². The number of esters is 1. The Morgan fingerprint density at radius 2 is 1.08 bits per heavy atom. The van der Waals surface area contributed by atoms with Gasteiger partial charge in [-0.2, -0.15) is 5.90 Å². The van der Waals surface area contributed by atoms with E-state index in [0.717, 1.165) is 51.4 Å². The summed E-state index contributed by atoms with van der Waals surface area (Å²) >= 11 is 0. The first-order valence-electron chi connectivity index (χ1n) is 10.3. The lowest BCUT2D eigenvalue weighted by molar-refractivity contribution is -0.145. The Morgan fingerprint density at radius 3 is 1.60 bits per heavy atom. The summed E-state index contributed by atoms with van der Waals surface area (Å²) in [4.78, 5) is 26.5. The van der Waals surface area contributed by atoms with Crippen molar-refractivity contribution in [3.8, 4) is 0 Å². The predicted octanol–water partition coefficient (Wildman–Crippen LogP) is 5.21. The largest absolute Gasteiger partial charge is 0.466 e. The molecule has 5 nitrogen and oxygen atoms in total. The summed E-state index contributed by atoms with van der Waals surface area (Å²) in [5.74, 6) is 4.36. The second-order valence-electron chi connectivity index (χ2n) is 6.81. The molecule has 0 rings (SSSR count). The van der Waals surface area contributed by atoms with Gasteiger partial charge in [0.05, 0.1) is 6.61 Å². The van der Waals surface area contributed by atoms with E-state index in [-0.39, 0.29) is 11.9 Å². The van der Waals surface area contributed by atoms with Gasteiger partial charge in [0.1, 0.15) is 0 Å². The number of hydrogen-bond acceptors (Lipinski definition) is 5. The van der Waals surface area contributed by atoms with Crippen LogP contribution in [-0.2, 0) is 19.2 Å². The highest BCUT2D eigenvalue weighted by atomic mass is 16.7. The van der Waals surface area contributed by atoms with Crippen LogP contribution in [0.25, 0.3) is 0 Å². The van der Waals surface area contributed by atoms with Crippen molar-refractivity contribution < 1.29 is 19.2 Å². The summed E-state index contributed by atoms with van der Waals surface area (Å²) in [7, 11) is 0. The molecular weight excluding hydrogens is 318 g/mol. The van der Waals surface area contributed by atoms with Gasteiger partial charge in [0.25, 0.3) is 0 Å². The minimum atomic E-state index is -0.348. The zero-order chi connectivity index (χ0) is 18.6. The molecule has 0 aliphatic carbocycles. The van der Waals surface area contributed by atoms with E-state index in [1.165, 1.54) is 38.5 Å². The molecule has 25 heavy (non-hydrogen) atoms. The molecule has 0 saturated heterocycles. The summed E-state index contributed by atoms with van der Waals surface area (Å²) in [5, 5.41) is 0. The molecule has 5 heteroatoms. The van der Waals surface area contributed by atoms with Gasteiger partial charge >= 0.3 is 11.9 Å². The lowest BCUT2D eigenvalue weighted by atomic mass is 10.1. The molecule has 0 aliphatic heterocycles. The highest BCUT2D eigenvalue weighted by Crippen LogP contribution is 2.10. The summed E-state index contributed by atoms with van der Waals surface area (Å²) in [6.07, 6.45) is 16.9. The Balaban J connectivity index is 3.19. The van der Waals surface area contributed by atoms with Crippen molar-refractivity contribution in [1.82, 2.24) is 0 Å². The Morgan fingerprint density at radius 1 is 0.640 bits per heavy atom. The van der Waals surface area contributed by atoms with E-state index in [4.69, 9.17) is 10.6 Å². The minimum Gasteiger partial charge on any atom is -0.466 e. The van der Waals surface area contributed by atoms with Crippen LogP contribution in [-0.4, -0.2) is 18.5 Å². The monoisotopic (exact) mass is 357 g/mol. The maximum absolute atomic E-state index is 11.6. The molecule has 0 saturated carbocycles. The number of unbranched alkanes of at least 4 members (excludes halogenated alkanes) is 12. The summed E-state index contributed by atoms with van der Waals surface area (Å²) in [5.41, 5.74) is 0. The topological polar surface area (TPSA) is 78.6 Å². The van der Waals surface area contributed by atoms with Gasteiger partial charge in [-0.1, -0.05) is 77.6 Å². The van der Waals surface area contributed by atoms with Crippen LogP contribution in [0.1, 0.15) is 110 Å². The molecule has 0 fully saturated rings. The fraction of sp³-hybridized carbons (Fsp3) is 0.900. The molecule has 0 atom stereocenters. The SMILES string of the molecule is CCCCCCCCCCOC(=O)CCCCCCCCC(=O)ON. The van der Waals surface area contributed by atoms with Crippen LogP contribution < -0.4 is 5.90 Å². The highest BCUT2D eigenvalue weighted by molar-refractivity contribution is 5.69. The van der Waals surface area contributed by atoms with Gasteiger partial charge in [-0.25, -0.2) is 0 Å². The van der Waals surface area contributed by atoms with Crippen LogP contribution in [0.3, 0.4) is 0 Å². The van der Waals surface area contributed by atoms with E-state index >= 15 is 0 Å². The summed E-state index contributed by atoms with van der Waals surface area (Å²) in [6.45, 7) is 2.81. The van der Waals surface area contributed by atoms with Gasteiger partial charge in [-0.3, -0.25) is 9.59 Å². The number of carbonyl (C=O) groups excluding carboxylic acids is 2. The summed E-state index contributed by atoms with van der Waals surface area (Å²) in [6, 6.07) is 0. The molecule has 0 bridgehead atoms. The van der Waals surface area contributed by atoms with Crippen LogP contribution in [0.2, 0.25) is 0 Å². The van der Waals surface area contributed by atoms with E-state index in [1.54, 1.807) is 0 Å². The zero-order valence-electron chi connectivity index (χ0n) is 16.2. The minimum absolute atomic E-state index is 0.0614. The standard InChI is InChI=1S/C20H39NO4/c1-2-3-4-5-6-9-12-15-18-24-19(22)16-13-10-7-8-11-14-17-20(23)25-21/h2-18,21H2,1H3. The molecule has 0 heterocycles. The predicted molar refractivity (Wildman–Crippen MR) is 101 cm³/mol. The number of ether oxygens (including phenoxy) is 1. The third kappa shape index (κ3) is 19.1. The Kier molecular flexibility index (Phi) is 18.4. The molecule has 148 valence electrons. The van der Waals surface area contributed by atoms with Crippen molar-refractivity contribution in [1.29, 1.82) is 0 Å². The molecule has 0 aromatic rings. The van der Waals surface area contributed by atoms with Crippen molar-refractivity contribution in [2.45, 2.75) is 110 Å². The van der Waals surface area contributed by atoms with Gasteiger partial charge in [-0.05, 0) is 19.3 Å². The van der Waals surface area contributed by atoms with Gasteiger partial charge in [0.2, 0.25) is 0 Å². The van der Waals surface area contributed by atoms with Crippen LogP contribution in [0, 0.1) is 0 Å². The quantitative estimate of drug-likeness (QED) is 0.207. The van der Waals surface area contributed by atoms with E-state index in [9.17, 15) is 9.59 Å². The van der Waals surface area contributed by atoms with Gasteiger partial charge in [-0.15, -0.1) is 0 Å². The van der Waals surface area contributed by atoms with E-state index in [1.807, 2.05) is 0 Å². The van der Waals surface area contributed by atoms with Crippen molar-refractivity contribution in [3.05, 3.63) is 0 Å². The van der Waals surface area contributed by atoms with Crippen LogP contribution in [0.5, 0.6) is 0 Å². The lowest BCUT2D eigenvalue weighted by Crippen LogP contribution is -2.09. The average Bonchev–Trinajstić information content (AvgIpc) is 2.62. The number of nitrogens with two attached hydrogens (primary N) is 1.